The van der Waals surface area contributed by atoms with Crippen LogP contribution in [-0.4, -0.2) is 18.1 Å². The topological polar surface area (TPSA) is 47.6 Å². The monoisotopic (exact) mass is 333 g/mol. The highest BCUT2D eigenvalue weighted by Crippen LogP contribution is 2.20. The summed E-state index contributed by atoms with van der Waals surface area (Å²) in [6.45, 7) is 5.60. The van der Waals surface area contributed by atoms with E-state index in [1.54, 1.807) is 43.3 Å². The summed E-state index contributed by atoms with van der Waals surface area (Å²) < 4.78 is 11.2. The van der Waals surface area contributed by atoms with E-state index in [-0.39, 0.29) is 12.0 Å². The van der Waals surface area contributed by atoms with Crippen LogP contribution in [0.5, 0.6) is 11.5 Å². The van der Waals surface area contributed by atoms with Crippen LogP contribution in [0.2, 0.25) is 5.02 Å². The zero-order valence-corrected chi connectivity index (χ0v) is 14.1. The van der Waals surface area contributed by atoms with Gasteiger partial charge in [0.2, 0.25) is 0 Å². The molecular weight excluding hydrogens is 314 g/mol. The maximum atomic E-state index is 12.2. The van der Waals surface area contributed by atoms with Gasteiger partial charge in [-0.05, 0) is 57.2 Å². The first-order valence-electron chi connectivity index (χ1n) is 7.44. The SMILES string of the molecule is CC(C)Oc1cccc(NC(=O)[C@H](C)Oc2ccc(Cl)cc2)c1. The predicted molar refractivity (Wildman–Crippen MR) is 92.4 cm³/mol. The van der Waals surface area contributed by atoms with Crippen LogP contribution in [0.1, 0.15) is 20.8 Å². The van der Waals surface area contributed by atoms with Gasteiger partial charge in [0.1, 0.15) is 11.5 Å². The Balaban J connectivity index is 1.96. The Bertz CT molecular complexity index is 656. The fourth-order valence-corrected chi connectivity index (χ4v) is 2.06. The number of benzene rings is 2. The third-order valence-electron chi connectivity index (χ3n) is 2.97. The highest BCUT2D eigenvalue weighted by atomic mass is 35.5. The molecule has 0 fully saturated rings. The summed E-state index contributed by atoms with van der Waals surface area (Å²) in [6, 6.07) is 14.2. The Morgan fingerprint density at radius 2 is 1.70 bits per heavy atom. The van der Waals surface area contributed by atoms with E-state index < -0.39 is 6.10 Å². The van der Waals surface area contributed by atoms with Gasteiger partial charge in [0.05, 0.1) is 6.10 Å². The molecule has 0 heterocycles. The minimum absolute atomic E-state index is 0.0770. The number of hydrogen-bond acceptors (Lipinski definition) is 3. The van der Waals surface area contributed by atoms with Crippen LogP contribution in [0.4, 0.5) is 5.69 Å². The molecular formula is C18H20ClNO3. The van der Waals surface area contributed by atoms with Gasteiger partial charge in [0.15, 0.2) is 6.10 Å². The number of anilines is 1. The van der Waals surface area contributed by atoms with E-state index >= 15 is 0 Å². The summed E-state index contributed by atoms with van der Waals surface area (Å²) in [5.74, 6) is 1.07. The molecule has 0 unspecified atom stereocenters. The van der Waals surface area contributed by atoms with Crippen molar-refractivity contribution in [2.75, 3.05) is 5.32 Å². The van der Waals surface area contributed by atoms with Gasteiger partial charge in [0.25, 0.3) is 5.91 Å². The van der Waals surface area contributed by atoms with E-state index in [2.05, 4.69) is 5.32 Å². The molecule has 0 bridgehead atoms. The smallest absolute Gasteiger partial charge is 0.265 e. The molecule has 2 aromatic carbocycles. The van der Waals surface area contributed by atoms with E-state index in [9.17, 15) is 4.79 Å². The van der Waals surface area contributed by atoms with Crippen molar-refractivity contribution >= 4 is 23.2 Å². The van der Waals surface area contributed by atoms with Crippen LogP contribution in [0.25, 0.3) is 0 Å². The van der Waals surface area contributed by atoms with Crippen LogP contribution >= 0.6 is 11.6 Å². The molecule has 122 valence electrons. The largest absolute Gasteiger partial charge is 0.491 e. The highest BCUT2D eigenvalue weighted by molar-refractivity contribution is 6.30. The van der Waals surface area contributed by atoms with Crippen molar-refractivity contribution in [3.05, 3.63) is 53.6 Å². The number of carbonyl (C=O) groups excluding carboxylic acids is 1. The molecule has 23 heavy (non-hydrogen) atoms. The fraction of sp³-hybridized carbons (Fsp3) is 0.278. The van der Waals surface area contributed by atoms with E-state index in [4.69, 9.17) is 21.1 Å². The lowest BCUT2D eigenvalue weighted by Crippen LogP contribution is -2.30. The number of nitrogens with one attached hydrogen (secondary N) is 1. The van der Waals surface area contributed by atoms with Crippen molar-refractivity contribution in [1.29, 1.82) is 0 Å². The molecule has 1 N–H and O–H groups in total. The Morgan fingerprint density at radius 1 is 1.00 bits per heavy atom. The molecule has 0 saturated carbocycles. The minimum atomic E-state index is -0.633. The predicted octanol–water partition coefficient (Wildman–Crippen LogP) is 4.53. The summed E-state index contributed by atoms with van der Waals surface area (Å²) in [4.78, 5) is 12.2. The van der Waals surface area contributed by atoms with Crippen LogP contribution < -0.4 is 14.8 Å². The molecule has 0 radical (unpaired) electrons. The molecule has 0 spiro atoms. The van der Waals surface area contributed by atoms with E-state index in [1.807, 2.05) is 26.0 Å². The average Bonchev–Trinajstić information content (AvgIpc) is 2.49. The van der Waals surface area contributed by atoms with Crippen LogP contribution in [0.15, 0.2) is 48.5 Å². The molecule has 5 heteroatoms. The fourth-order valence-electron chi connectivity index (χ4n) is 1.93. The lowest BCUT2D eigenvalue weighted by Gasteiger charge is -2.16. The van der Waals surface area contributed by atoms with Crippen molar-refractivity contribution in [2.24, 2.45) is 0 Å². The molecule has 2 rings (SSSR count). The van der Waals surface area contributed by atoms with E-state index in [0.717, 1.165) is 0 Å². The summed E-state index contributed by atoms with van der Waals surface area (Å²) in [5, 5.41) is 3.44. The zero-order valence-electron chi connectivity index (χ0n) is 13.4. The molecule has 0 aromatic heterocycles. The van der Waals surface area contributed by atoms with E-state index in [1.165, 1.54) is 0 Å². The van der Waals surface area contributed by atoms with Crippen LogP contribution in [0, 0.1) is 0 Å². The lowest BCUT2D eigenvalue weighted by molar-refractivity contribution is -0.122. The molecule has 1 atom stereocenters. The van der Waals surface area contributed by atoms with Crippen LogP contribution in [-0.2, 0) is 4.79 Å². The molecule has 4 nitrogen and oxygen atoms in total. The van der Waals surface area contributed by atoms with Gasteiger partial charge in [-0.1, -0.05) is 17.7 Å². The van der Waals surface area contributed by atoms with Crippen LogP contribution in [0.3, 0.4) is 0 Å². The van der Waals surface area contributed by atoms with Crippen molar-refractivity contribution < 1.29 is 14.3 Å². The number of carbonyl (C=O) groups is 1. The third kappa shape index (κ3) is 5.49. The average molecular weight is 334 g/mol. The standard InChI is InChI=1S/C18H20ClNO3/c1-12(2)22-17-6-4-5-15(11-17)20-18(21)13(3)23-16-9-7-14(19)8-10-16/h4-13H,1-3H3,(H,20,21)/t13-/m0/s1. The van der Waals surface area contributed by atoms with Gasteiger partial charge in [-0.15, -0.1) is 0 Å². The summed E-state index contributed by atoms with van der Waals surface area (Å²) in [6.07, 6.45) is -0.557. The summed E-state index contributed by atoms with van der Waals surface area (Å²) >= 11 is 5.82. The van der Waals surface area contributed by atoms with E-state index in [0.29, 0.717) is 22.2 Å². The first-order chi connectivity index (χ1) is 10.9. The molecule has 0 aliphatic heterocycles. The number of amides is 1. The van der Waals surface area contributed by atoms with Crippen molar-refractivity contribution in [3.8, 4) is 11.5 Å². The molecule has 0 aliphatic rings. The molecule has 0 saturated heterocycles. The van der Waals surface area contributed by atoms with Gasteiger partial charge in [-0.25, -0.2) is 0 Å². The van der Waals surface area contributed by atoms with Gasteiger partial charge >= 0.3 is 0 Å². The summed E-state index contributed by atoms with van der Waals surface area (Å²) in [5.41, 5.74) is 0.666. The Kier molecular flexibility index (Phi) is 5.88. The number of halogens is 1. The lowest BCUT2D eigenvalue weighted by atomic mass is 10.2. The first-order valence-corrected chi connectivity index (χ1v) is 7.81. The number of ether oxygens (including phenoxy) is 2. The maximum Gasteiger partial charge on any atom is 0.265 e. The Morgan fingerprint density at radius 3 is 2.35 bits per heavy atom. The number of hydrogen-bond donors (Lipinski definition) is 1. The quantitative estimate of drug-likeness (QED) is 0.844. The minimum Gasteiger partial charge on any atom is -0.491 e. The van der Waals surface area contributed by atoms with Crippen molar-refractivity contribution in [2.45, 2.75) is 33.0 Å². The normalized spacial score (nSPS) is 11.9. The van der Waals surface area contributed by atoms with Crippen molar-refractivity contribution in [3.63, 3.8) is 0 Å². The number of rotatable bonds is 6. The molecule has 0 aliphatic carbocycles. The first kappa shape index (κ1) is 17.2. The Labute approximate surface area is 141 Å². The molecule has 1 amide bonds. The van der Waals surface area contributed by atoms with Gasteiger partial charge in [-0.2, -0.15) is 0 Å². The Hall–Kier alpha value is -2.20. The molecule has 2 aromatic rings. The second kappa shape index (κ2) is 7.88. The second-order valence-electron chi connectivity index (χ2n) is 5.40. The van der Waals surface area contributed by atoms with Gasteiger partial charge in [-0.3, -0.25) is 4.79 Å². The van der Waals surface area contributed by atoms with Gasteiger partial charge in [0, 0.05) is 16.8 Å². The highest BCUT2D eigenvalue weighted by Gasteiger charge is 2.15. The maximum absolute atomic E-state index is 12.2. The summed E-state index contributed by atoms with van der Waals surface area (Å²) in [7, 11) is 0. The third-order valence-corrected chi connectivity index (χ3v) is 3.22. The zero-order chi connectivity index (χ0) is 16.8. The van der Waals surface area contributed by atoms with Crippen molar-refractivity contribution in [1.82, 2.24) is 0 Å². The van der Waals surface area contributed by atoms with Gasteiger partial charge < -0.3 is 14.8 Å². The second-order valence-corrected chi connectivity index (χ2v) is 5.83.